The number of nitrogens with zero attached hydrogens (tertiary/aromatic N) is 1. The van der Waals surface area contributed by atoms with Crippen molar-refractivity contribution in [3.05, 3.63) is 7.05 Å². The standard InChI is InChI=1S/C5H10NOS/c1-6-2-4-8(7)5-3-6/h1,7H,2-5H2/q+1. The second kappa shape index (κ2) is 2.71. The summed E-state index contributed by atoms with van der Waals surface area (Å²) in [5.74, 6) is 1.72. The molecule has 0 unspecified atom stereocenters. The van der Waals surface area contributed by atoms with Crippen LogP contribution in [-0.4, -0.2) is 34.0 Å². The van der Waals surface area contributed by atoms with Gasteiger partial charge in [-0.25, -0.2) is 0 Å². The minimum atomic E-state index is -0.333. The van der Waals surface area contributed by atoms with Gasteiger partial charge >= 0.3 is 0 Å². The molecule has 1 aliphatic heterocycles. The SMILES string of the molecule is [CH]N1CC[S+](O)CC1. The number of hydrogen-bond donors (Lipinski definition) is 1. The van der Waals surface area contributed by atoms with E-state index in [4.69, 9.17) is 11.6 Å². The van der Waals surface area contributed by atoms with Crippen LogP contribution in [0, 0.1) is 7.05 Å². The van der Waals surface area contributed by atoms with Gasteiger partial charge in [0.1, 0.15) is 11.2 Å². The predicted octanol–water partition coefficient (Wildman–Crippen LogP) is 0.0619. The zero-order chi connectivity index (χ0) is 5.98. The average Bonchev–Trinajstić information content (AvgIpc) is 1.77. The lowest BCUT2D eigenvalue weighted by molar-refractivity contribution is 0.399. The Bertz CT molecular complexity index is 60.8. The highest BCUT2D eigenvalue weighted by molar-refractivity contribution is 7.91. The normalized spacial score (nSPS) is 26.2. The van der Waals surface area contributed by atoms with Crippen LogP contribution in [0.5, 0.6) is 0 Å². The molecule has 0 aromatic rings. The molecule has 1 aliphatic rings. The highest BCUT2D eigenvalue weighted by Crippen LogP contribution is 2.00. The molecule has 0 atom stereocenters. The minimum Gasteiger partial charge on any atom is -0.288 e. The lowest BCUT2D eigenvalue weighted by atomic mass is 10.6. The molecular formula is C5H10NOS+. The highest BCUT2D eigenvalue weighted by Gasteiger charge is 2.22. The molecule has 2 nitrogen and oxygen atoms in total. The third-order valence-electron chi connectivity index (χ3n) is 1.23. The lowest BCUT2D eigenvalue weighted by Gasteiger charge is -2.17. The van der Waals surface area contributed by atoms with Gasteiger partial charge < -0.3 is 0 Å². The van der Waals surface area contributed by atoms with E-state index in [9.17, 15) is 0 Å². The van der Waals surface area contributed by atoms with Gasteiger partial charge in [-0.1, -0.05) is 0 Å². The van der Waals surface area contributed by atoms with E-state index in [2.05, 4.69) is 0 Å². The van der Waals surface area contributed by atoms with Crippen LogP contribution in [-0.2, 0) is 11.2 Å². The first-order valence-electron chi connectivity index (χ1n) is 2.65. The molecule has 8 heavy (non-hydrogen) atoms. The molecule has 2 radical (unpaired) electrons. The third-order valence-corrected chi connectivity index (χ3v) is 2.54. The van der Waals surface area contributed by atoms with E-state index in [-0.39, 0.29) is 11.2 Å². The Hall–Kier alpha value is 0.270. The van der Waals surface area contributed by atoms with Gasteiger partial charge in [0.25, 0.3) is 0 Å². The summed E-state index contributed by atoms with van der Waals surface area (Å²) in [6.07, 6.45) is 0. The maximum absolute atomic E-state index is 8.97. The van der Waals surface area contributed by atoms with E-state index in [1.807, 2.05) is 0 Å². The fourth-order valence-electron chi connectivity index (χ4n) is 0.659. The van der Waals surface area contributed by atoms with Crippen LogP contribution in [0.2, 0.25) is 0 Å². The van der Waals surface area contributed by atoms with E-state index in [1.165, 1.54) is 0 Å². The second-order valence-corrected chi connectivity index (χ2v) is 3.65. The summed E-state index contributed by atoms with van der Waals surface area (Å²) < 4.78 is 8.97. The van der Waals surface area contributed by atoms with Gasteiger partial charge in [0, 0.05) is 20.1 Å². The smallest absolute Gasteiger partial charge is 0.153 e. The molecule has 0 amide bonds. The molecule has 0 spiro atoms. The van der Waals surface area contributed by atoms with Gasteiger partial charge in [0.05, 0.1) is 0 Å². The van der Waals surface area contributed by atoms with Crippen LogP contribution in [0.15, 0.2) is 0 Å². The lowest BCUT2D eigenvalue weighted by Crippen LogP contribution is -2.35. The van der Waals surface area contributed by atoms with E-state index < -0.39 is 0 Å². The quantitative estimate of drug-likeness (QED) is 0.471. The fourth-order valence-corrected chi connectivity index (χ4v) is 1.75. The van der Waals surface area contributed by atoms with E-state index >= 15 is 0 Å². The molecule has 46 valence electrons. The fraction of sp³-hybridized carbons (Fsp3) is 0.800. The number of hydrogen-bond acceptors (Lipinski definition) is 2. The average molecular weight is 132 g/mol. The van der Waals surface area contributed by atoms with Crippen molar-refractivity contribution in [3.8, 4) is 0 Å². The maximum Gasteiger partial charge on any atom is 0.153 e. The Morgan fingerprint density at radius 3 is 2.25 bits per heavy atom. The molecule has 1 N–H and O–H groups in total. The van der Waals surface area contributed by atoms with Gasteiger partial charge in [-0.2, -0.15) is 4.55 Å². The monoisotopic (exact) mass is 132 g/mol. The van der Waals surface area contributed by atoms with Crippen LogP contribution in [0.4, 0.5) is 0 Å². The van der Waals surface area contributed by atoms with Crippen molar-refractivity contribution >= 4 is 11.2 Å². The summed E-state index contributed by atoms with van der Waals surface area (Å²) in [5, 5.41) is 0. The van der Waals surface area contributed by atoms with Crippen LogP contribution < -0.4 is 0 Å². The Kier molecular flexibility index (Phi) is 2.16. The Morgan fingerprint density at radius 1 is 1.38 bits per heavy atom. The molecule has 1 heterocycles. The molecule has 3 heteroatoms. The summed E-state index contributed by atoms with van der Waals surface area (Å²) in [6, 6.07) is 0. The largest absolute Gasteiger partial charge is 0.288 e. The van der Waals surface area contributed by atoms with Crippen molar-refractivity contribution < 1.29 is 4.55 Å². The summed E-state index contributed by atoms with van der Waals surface area (Å²) >= 11 is -0.333. The zero-order valence-electron chi connectivity index (χ0n) is 4.71. The van der Waals surface area contributed by atoms with Crippen molar-refractivity contribution in [1.82, 2.24) is 4.90 Å². The van der Waals surface area contributed by atoms with Gasteiger partial charge in [0.15, 0.2) is 11.5 Å². The summed E-state index contributed by atoms with van der Waals surface area (Å²) in [7, 11) is 5.42. The van der Waals surface area contributed by atoms with Gasteiger partial charge in [0.2, 0.25) is 0 Å². The number of rotatable bonds is 0. The summed E-state index contributed by atoms with van der Waals surface area (Å²) in [5.41, 5.74) is 0. The van der Waals surface area contributed by atoms with E-state index in [0.717, 1.165) is 24.6 Å². The van der Waals surface area contributed by atoms with Crippen LogP contribution in [0.25, 0.3) is 0 Å². The van der Waals surface area contributed by atoms with Gasteiger partial charge in [-0.05, 0) is 0 Å². The molecule has 0 aromatic carbocycles. The second-order valence-electron chi connectivity index (χ2n) is 1.91. The first-order valence-corrected chi connectivity index (χ1v) is 4.17. The topological polar surface area (TPSA) is 23.5 Å². The molecule has 0 aliphatic carbocycles. The molecule has 0 saturated carbocycles. The minimum absolute atomic E-state index is 0.333. The van der Waals surface area contributed by atoms with Crippen molar-refractivity contribution in [1.29, 1.82) is 0 Å². The third kappa shape index (κ3) is 1.65. The molecule has 1 rings (SSSR count). The van der Waals surface area contributed by atoms with Gasteiger partial charge in [-0.3, -0.25) is 4.90 Å². The molecule has 1 fully saturated rings. The Labute approximate surface area is 53.0 Å². The Balaban J connectivity index is 2.19. The van der Waals surface area contributed by atoms with E-state index in [0.29, 0.717) is 0 Å². The molecule has 1 saturated heterocycles. The van der Waals surface area contributed by atoms with E-state index in [1.54, 1.807) is 4.90 Å². The summed E-state index contributed by atoms with van der Waals surface area (Å²) in [6.45, 7) is 1.69. The molecular weight excluding hydrogens is 122 g/mol. The summed E-state index contributed by atoms with van der Waals surface area (Å²) in [4.78, 5) is 1.75. The molecule has 0 aromatic heterocycles. The van der Waals surface area contributed by atoms with Crippen LogP contribution in [0.3, 0.4) is 0 Å². The Morgan fingerprint density at radius 2 is 1.88 bits per heavy atom. The maximum atomic E-state index is 8.97. The van der Waals surface area contributed by atoms with Crippen LogP contribution in [0.1, 0.15) is 0 Å². The van der Waals surface area contributed by atoms with Crippen molar-refractivity contribution in [2.24, 2.45) is 0 Å². The first-order chi connectivity index (χ1) is 3.79. The zero-order valence-corrected chi connectivity index (χ0v) is 5.52. The van der Waals surface area contributed by atoms with Crippen LogP contribution >= 0.6 is 0 Å². The predicted molar refractivity (Wildman–Crippen MR) is 35.6 cm³/mol. The first kappa shape index (κ1) is 6.39. The molecule has 0 bridgehead atoms. The van der Waals surface area contributed by atoms with Crippen molar-refractivity contribution in [2.75, 3.05) is 24.6 Å². The van der Waals surface area contributed by atoms with Gasteiger partial charge in [-0.15, -0.1) is 0 Å². The van der Waals surface area contributed by atoms with Crippen molar-refractivity contribution in [3.63, 3.8) is 0 Å². The van der Waals surface area contributed by atoms with Crippen molar-refractivity contribution in [2.45, 2.75) is 0 Å². The highest BCUT2D eigenvalue weighted by atomic mass is 32.2.